The summed E-state index contributed by atoms with van der Waals surface area (Å²) in [6, 6.07) is 6.38. The second-order valence-electron chi connectivity index (χ2n) is 5.65. The van der Waals surface area contributed by atoms with Gasteiger partial charge in [-0.2, -0.15) is 0 Å². The van der Waals surface area contributed by atoms with Crippen LogP contribution in [0.1, 0.15) is 16.1 Å². The fourth-order valence-electron chi connectivity index (χ4n) is 2.81. The SMILES string of the molecule is O=C(c1cnc[nH]1)N1CCO[C@](CO)(Cc2ccccc2F)C1. The van der Waals surface area contributed by atoms with Crippen LogP contribution in [0.2, 0.25) is 0 Å². The van der Waals surface area contributed by atoms with E-state index in [0.717, 1.165) is 0 Å². The van der Waals surface area contributed by atoms with Crippen LogP contribution in [0.25, 0.3) is 0 Å². The van der Waals surface area contributed by atoms with Gasteiger partial charge in [-0.3, -0.25) is 4.79 Å². The maximum Gasteiger partial charge on any atom is 0.272 e. The van der Waals surface area contributed by atoms with E-state index in [2.05, 4.69) is 9.97 Å². The number of aromatic amines is 1. The second-order valence-corrected chi connectivity index (χ2v) is 5.65. The number of aliphatic hydroxyl groups is 1. The van der Waals surface area contributed by atoms with Gasteiger partial charge in [0, 0.05) is 13.0 Å². The Morgan fingerprint density at radius 2 is 2.30 bits per heavy atom. The van der Waals surface area contributed by atoms with Crippen molar-refractivity contribution < 1.29 is 19.0 Å². The summed E-state index contributed by atoms with van der Waals surface area (Å²) in [4.78, 5) is 20.6. The molecular weight excluding hydrogens is 301 g/mol. The summed E-state index contributed by atoms with van der Waals surface area (Å²) in [7, 11) is 0. The van der Waals surface area contributed by atoms with Gasteiger partial charge in [-0.25, -0.2) is 9.37 Å². The fourth-order valence-corrected chi connectivity index (χ4v) is 2.81. The predicted molar refractivity (Wildman–Crippen MR) is 80.4 cm³/mol. The number of nitrogens with zero attached hydrogens (tertiary/aromatic N) is 2. The number of imidazole rings is 1. The van der Waals surface area contributed by atoms with Gasteiger partial charge in [0.1, 0.15) is 17.1 Å². The van der Waals surface area contributed by atoms with Crippen LogP contribution >= 0.6 is 0 Å². The van der Waals surface area contributed by atoms with E-state index in [4.69, 9.17) is 4.74 Å². The van der Waals surface area contributed by atoms with E-state index in [-0.39, 0.29) is 37.9 Å². The summed E-state index contributed by atoms with van der Waals surface area (Å²) in [5.41, 5.74) is -0.169. The number of hydrogen-bond donors (Lipinski definition) is 2. The Labute approximate surface area is 132 Å². The van der Waals surface area contributed by atoms with Crippen molar-refractivity contribution >= 4 is 5.91 Å². The summed E-state index contributed by atoms with van der Waals surface area (Å²) >= 11 is 0. The summed E-state index contributed by atoms with van der Waals surface area (Å²) in [6.45, 7) is 0.593. The molecule has 0 unspecified atom stereocenters. The standard InChI is InChI=1S/C16H18FN3O3/c17-13-4-2-1-3-12(13)7-16(10-21)9-20(5-6-23-16)15(22)14-8-18-11-19-14/h1-4,8,11,21H,5-7,9-10H2,(H,18,19)/t16-/m1/s1. The topological polar surface area (TPSA) is 78.5 Å². The normalized spacial score (nSPS) is 21.4. The van der Waals surface area contributed by atoms with Crippen LogP contribution in [0.3, 0.4) is 0 Å². The Morgan fingerprint density at radius 3 is 3.00 bits per heavy atom. The molecule has 0 radical (unpaired) electrons. The number of carbonyl (C=O) groups excluding carboxylic acids is 1. The lowest BCUT2D eigenvalue weighted by Gasteiger charge is -2.41. The third-order valence-electron chi connectivity index (χ3n) is 4.02. The minimum Gasteiger partial charge on any atom is -0.393 e. The minimum atomic E-state index is -1.00. The molecule has 23 heavy (non-hydrogen) atoms. The summed E-state index contributed by atoms with van der Waals surface area (Å²) in [5.74, 6) is -0.557. The Balaban J connectivity index is 1.79. The van der Waals surface area contributed by atoms with Gasteiger partial charge in [0.15, 0.2) is 0 Å². The summed E-state index contributed by atoms with van der Waals surface area (Å²) in [6.07, 6.45) is 3.09. The van der Waals surface area contributed by atoms with Gasteiger partial charge in [-0.05, 0) is 11.6 Å². The molecule has 1 aromatic heterocycles. The first-order valence-corrected chi connectivity index (χ1v) is 7.39. The van der Waals surface area contributed by atoms with Crippen LogP contribution in [0.4, 0.5) is 4.39 Å². The van der Waals surface area contributed by atoms with Crippen molar-refractivity contribution in [3.8, 4) is 0 Å². The number of aromatic nitrogens is 2. The van der Waals surface area contributed by atoms with E-state index in [9.17, 15) is 14.3 Å². The largest absolute Gasteiger partial charge is 0.393 e. The molecule has 7 heteroatoms. The number of morpholine rings is 1. The lowest BCUT2D eigenvalue weighted by molar-refractivity contribution is -0.124. The highest BCUT2D eigenvalue weighted by atomic mass is 19.1. The Morgan fingerprint density at radius 1 is 1.48 bits per heavy atom. The van der Waals surface area contributed by atoms with Crippen LogP contribution in [0.15, 0.2) is 36.8 Å². The van der Waals surface area contributed by atoms with Crippen LogP contribution in [0, 0.1) is 5.82 Å². The number of rotatable bonds is 4. The minimum absolute atomic E-state index is 0.190. The van der Waals surface area contributed by atoms with Crippen molar-refractivity contribution in [2.45, 2.75) is 12.0 Å². The smallest absolute Gasteiger partial charge is 0.272 e. The molecule has 1 aromatic carbocycles. The molecule has 1 saturated heterocycles. The number of ether oxygens (including phenoxy) is 1. The number of halogens is 1. The zero-order chi connectivity index (χ0) is 16.3. The van der Waals surface area contributed by atoms with Gasteiger partial charge in [-0.15, -0.1) is 0 Å². The molecule has 0 bridgehead atoms. The van der Waals surface area contributed by atoms with E-state index in [1.165, 1.54) is 18.6 Å². The average Bonchev–Trinajstić information content (AvgIpc) is 3.11. The molecule has 0 saturated carbocycles. The number of benzene rings is 1. The van der Waals surface area contributed by atoms with E-state index in [1.54, 1.807) is 23.1 Å². The molecular formula is C16H18FN3O3. The number of carbonyl (C=O) groups is 1. The first-order chi connectivity index (χ1) is 11.1. The van der Waals surface area contributed by atoms with Crippen molar-refractivity contribution in [3.63, 3.8) is 0 Å². The highest BCUT2D eigenvalue weighted by Gasteiger charge is 2.39. The van der Waals surface area contributed by atoms with Gasteiger partial charge in [0.2, 0.25) is 0 Å². The highest BCUT2D eigenvalue weighted by molar-refractivity contribution is 5.92. The molecule has 6 nitrogen and oxygen atoms in total. The first-order valence-electron chi connectivity index (χ1n) is 7.39. The molecule has 0 aliphatic carbocycles. The van der Waals surface area contributed by atoms with Gasteiger partial charge < -0.3 is 19.7 Å². The number of amides is 1. The summed E-state index contributed by atoms with van der Waals surface area (Å²) < 4.78 is 19.6. The molecule has 1 amide bonds. The molecule has 0 spiro atoms. The van der Waals surface area contributed by atoms with Gasteiger partial charge >= 0.3 is 0 Å². The molecule has 1 fully saturated rings. The van der Waals surface area contributed by atoms with Crippen molar-refractivity contribution in [2.75, 3.05) is 26.3 Å². The number of aliphatic hydroxyl groups excluding tert-OH is 1. The third kappa shape index (κ3) is 3.25. The molecule has 2 aromatic rings. The number of hydrogen-bond acceptors (Lipinski definition) is 4. The lowest BCUT2D eigenvalue weighted by Crippen LogP contribution is -2.57. The lowest BCUT2D eigenvalue weighted by atomic mass is 9.92. The van der Waals surface area contributed by atoms with Gasteiger partial charge in [0.25, 0.3) is 5.91 Å². The zero-order valence-corrected chi connectivity index (χ0v) is 12.5. The summed E-state index contributed by atoms with van der Waals surface area (Å²) in [5, 5.41) is 9.82. The molecule has 1 atom stereocenters. The van der Waals surface area contributed by atoms with E-state index < -0.39 is 5.60 Å². The van der Waals surface area contributed by atoms with Crippen LogP contribution in [0.5, 0.6) is 0 Å². The molecule has 2 N–H and O–H groups in total. The van der Waals surface area contributed by atoms with Crippen molar-refractivity contribution in [1.29, 1.82) is 0 Å². The fraction of sp³-hybridized carbons (Fsp3) is 0.375. The maximum absolute atomic E-state index is 13.9. The molecule has 1 aliphatic heterocycles. The molecule has 122 valence electrons. The predicted octanol–water partition coefficient (Wildman–Crippen LogP) is 0.995. The van der Waals surface area contributed by atoms with Gasteiger partial charge in [0.05, 0.1) is 32.3 Å². The van der Waals surface area contributed by atoms with E-state index in [1.807, 2.05) is 0 Å². The maximum atomic E-state index is 13.9. The van der Waals surface area contributed by atoms with E-state index >= 15 is 0 Å². The molecule has 2 heterocycles. The number of H-pyrrole nitrogens is 1. The van der Waals surface area contributed by atoms with Crippen molar-refractivity contribution in [3.05, 3.63) is 53.9 Å². The number of nitrogens with one attached hydrogen (secondary N) is 1. The van der Waals surface area contributed by atoms with Crippen molar-refractivity contribution in [1.82, 2.24) is 14.9 Å². The second kappa shape index (κ2) is 6.47. The van der Waals surface area contributed by atoms with Gasteiger partial charge in [-0.1, -0.05) is 18.2 Å². The van der Waals surface area contributed by atoms with Crippen LogP contribution in [-0.2, 0) is 11.2 Å². The highest BCUT2D eigenvalue weighted by Crippen LogP contribution is 2.25. The first kappa shape index (κ1) is 15.6. The zero-order valence-electron chi connectivity index (χ0n) is 12.5. The van der Waals surface area contributed by atoms with Crippen molar-refractivity contribution in [2.24, 2.45) is 0 Å². The third-order valence-corrected chi connectivity index (χ3v) is 4.02. The quantitative estimate of drug-likeness (QED) is 0.881. The Kier molecular flexibility index (Phi) is 4.40. The Bertz CT molecular complexity index is 677. The Hall–Kier alpha value is -2.25. The van der Waals surface area contributed by atoms with Crippen LogP contribution < -0.4 is 0 Å². The van der Waals surface area contributed by atoms with E-state index in [0.29, 0.717) is 17.8 Å². The monoisotopic (exact) mass is 319 g/mol. The molecule has 3 rings (SSSR count). The van der Waals surface area contributed by atoms with Crippen LogP contribution in [-0.4, -0.2) is 57.8 Å². The average molecular weight is 319 g/mol. The molecule has 1 aliphatic rings.